The standard InChI is InChI=1S/C17H20O3S2/c1-5-12(18)10(2)6-13(19)16-8-11-7-14(20-3)17(21-4)9-15(11)22-16/h5,7-10,18H,6H2,1-4H3/b12-5-/t10-/m0/s1. The molecule has 0 spiro atoms. The van der Waals surface area contributed by atoms with Gasteiger partial charge in [0.2, 0.25) is 0 Å². The zero-order valence-corrected chi connectivity index (χ0v) is 14.8. The van der Waals surface area contributed by atoms with Gasteiger partial charge in [-0.05, 0) is 42.8 Å². The number of methoxy groups -OCH3 is 1. The third kappa shape index (κ3) is 3.47. The second kappa shape index (κ2) is 7.20. The number of hydrogen-bond acceptors (Lipinski definition) is 5. The Bertz CT molecular complexity index is 675. The summed E-state index contributed by atoms with van der Waals surface area (Å²) in [5.41, 5.74) is 0. The van der Waals surface area contributed by atoms with E-state index in [1.165, 1.54) is 11.3 Å². The van der Waals surface area contributed by atoms with Crippen molar-refractivity contribution in [3.63, 3.8) is 0 Å². The summed E-state index contributed by atoms with van der Waals surface area (Å²) in [5, 5.41) is 10.7. The zero-order valence-electron chi connectivity index (χ0n) is 13.2. The molecule has 0 radical (unpaired) electrons. The number of fused-ring (bicyclic) bond motifs is 1. The number of carbonyl (C=O) groups is 1. The number of ketones is 1. The first-order chi connectivity index (χ1) is 10.5. The lowest BCUT2D eigenvalue weighted by atomic mass is 10.0. The normalized spacial score (nSPS) is 13.4. The third-order valence-electron chi connectivity index (χ3n) is 3.59. The van der Waals surface area contributed by atoms with Crippen LogP contribution in [0.1, 0.15) is 29.9 Å². The summed E-state index contributed by atoms with van der Waals surface area (Å²) < 4.78 is 6.46. The van der Waals surface area contributed by atoms with E-state index in [0.717, 1.165) is 25.6 Å². The Kier molecular flexibility index (Phi) is 5.53. The monoisotopic (exact) mass is 336 g/mol. The summed E-state index contributed by atoms with van der Waals surface area (Å²) in [4.78, 5) is 14.2. The highest BCUT2D eigenvalue weighted by Crippen LogP contribution is 2.36. The number of hydrogen-bond donors (Lipinski definition) is 1. The Balaban J connectivity index is 2.31. The average molecular weight is 336 g/mol. The number of Topliss-reactive ketones (excluding diaryl/α,β-unsaturated/α-hetero) is 1. The fourth-order valence-electron chi connectivity index (χ4n) is 2.27. The molecule has 1 aromatic carbocycles. The third-order valence-corrected chi connectivity index (χ3v) is 5.49. The van der Waals surface area contributed by atoms with Crippen LogP contribution in [0.25, 0.3) is 10.1 Å². The summed E-state index contributed by atoms with van der Waals surface area (Å²) in [7, 11) is 1.65. The van der Waals surface area contributed by atoms with Crippen molar-refractivity contribution in [3.8, 4) is 5.75 Å². The van der Waals surface area contributed by atoms with Gasteiger partial charge in [0.05, 0.1) is 22.6 Å². The Morgan fingerprint density at radius 1 is 1.45 bits per heavy atom. The topological polar surface area (TPSA) is 46.5 Å². The van der Waals surface area contributed by atoms with Gasteiger partial charge in [-0.1, -0.05) is 6.92 Å². The zero-order chi connectivity index (χ0) is 16.3. The lowest BCUT2D eigenvalue weighted by Crippen LogP contribution is -2.06. The lowest BCUT2D eigenvalue weighted by Gasteiger charge is -2.08. The molecule has 0 bridgehead atoms. The van der Waals surface area contributed by atoms with Crippen LogP contribution in [0.15, 0.2) is 34.9 Å². The Labute approximate surface area is 139 Å². The molecule has 5 heteroatoms. The summed E-state index contributed by atoms with van der Waals surface area (Å²) >= 11 is 3.12. The van der Waals surface area contributed by atoms with Gasteiger partial charge in [0.15, 0.2) is 5.78 Å². The van der Waals surface area contributed by atoms with Crippen LogP contribution in [0.2, 0.25) is 0 Å². The van der Waals surface area contributed by atoms with Crippen LogP contribution in [-0.2, 0) is 0 Å². The number of carbonyl (C=O) groups excluding carboxylic acids is 1. The van der Waals surface area contributed by atoms with Gasteiger partial charge in [-0.15, -0.1) is 23.1 Å². The number of allylic oxidation sites excluding steroid dienone is 2. The van der Waals surface area contributed by atoms with Crippen molar-refractivity contribution in [1.29, 1.82) is 0 Å². The molecule has 22 heavy (non-hydrogen) atoms. The van der Waals surface area contributed by atoms with Crippen LogP contribution >= 0.6 is 23.1 Å². The maximum atomic E-state index is 12.4. The van der Waals surface area contributed by atoms with Crippen molar-refractivity contribution in [2.45, 2.75) is 25.2 Å². The van der Waals surface area contributed by atoms with Crippen LogP contribution in [0.4, 0.5) is 0 Å². The van der Waals surface area contributed by atoms with Crippen molar-refractivity contribution in [1.82, 2.24) is 0 Å². The molecule has 2 rings (SSSR count). The molecule has 0 saturated heterocycles. The first-order valence-electron chi connectivity index (χ1n) is 7.04. The van der Waals surface area contributed by atoms with Gasteiger partial charge >= 0.3 is 0 Å². The average Bonchev–Trinajstić information content (AvgIpc) is 2.95. The Hall–Kier alpha value is -1.46. The van der Waals surface area contributed by atoms with Crippen molar-refractivity contribution in [2.75, 3.05) is 13.4 Å². The second-order valence-corrected chi connectivity index (χ2v) is 7.03. The number of thiophene rings is 1. The molecule has 0 aliphatic rings. The minimum absolute atomic E-state index is 0.0618. The van der Waals surface area contributed by atoms with Crippen LogP contribution in [0.3, 0.4) is 0 Å². The molecule has 0 aliphatic carbocycles. The lowest BCUT2D eigenvalue weighted by molar-refractivity contribution is 0.0965. The predicted molar refractivity (Wildman–Crippen MR) is 94.7 cm³/mol. The number of benzene rings is 1. The number of thioether (sulfide) groups is 1. The first-order valence-corrected chi connectivity index (χ1v) is 9.08. The molecule has 118 valence electrons. The van der Waals surface area contributed by atoms with E-state index >= 15 is 0 Å². The van der Waals surface area contributed by atoms with E-state index in [4.69, 9.17) is 4.74 Å². The van der Waals surface area contributed by atoms with Gasteiger partial charge in [0, 0.05) is 17.0 Å². The molecule has 1 heterocycles. The van der Waals surface area contributed by atoms with E-state index in [9.17, 15) is 9.90 Å². The first kappa shape index (κ1) is 16.9. The molecular weight excluding hydrogens is 316 g/mol. The maximum absolute atomic E-state index is 12.4. The summed E-state index contributed by atoms with van der Waals surface area (Å²) in [6.45, 7) is 3.63. The van der Waals surface area contributed by atoms with Gasteiger partial charge in [0.1, 0.15) is 5.75 Å². The summed E-state index contributed by atoms with van der Waals surface area (Å²) in [6, 6.07) is 5.95. The van der Waals surface area contributed by atoms with Crippen molar-refractivity contribution in [3.05, 3.63) is 34.9 Å². The summed E-state index contributed by atoms with van der Waals surface area (Å²) in [5.74, 6) is 1.00. The SMILES string of the molecule is C/C=C(\O)[C@@H](C)CC(=O)c1cc2cc(OC)c(SC)cc2s1. The highest BCUT2D eigenvalue weighted by molar-refractivity contribution is 7.98. The van der Waals surface area contributed by atoms with Gasteiger partial charge < -0.3 is 9.84 Å². The van der Waals surface area contributed by atoms with Crippen LogP contribution in [-0.4, -0.2) is 24.3 Å². The second-order valence-electron chi connectivity index (χ2n) is 5.10. The van der Waals surface area contributed by atoms with E-state index in [1.807, 2.05) is 25.3 Å². The molecular formula is C17H20O3S2. The molecule has 1 N–H and O–H groups in total. The maximum Gasteiger partial charge on any atom is 0.173 e. The Morgan fingerprint density at radius 3 is 2.77 bits per heavy atom. The predicted octanol–water partition coefficient (Wildman–Crippen LogP) is 5.30. The van der Waals surface area contributed by atoms with Gasteiger partial charge in [-0.2, -0.15) is 0 Å². The molecule has 0 saturated carbocycles. The van der Waals surface area contributed by atoms with E-state index in [2.05, 4.69) is 6.07 Å². The van der Waals surface area contributed by atoms with E-state index in [1.54, 1.807) is 31.9 Å². The molecule has 1 atom stereocenters. The summed E-state index contributed by atoms with van der Waals surface area (Å²) in [6.07, 6.45) is 3.96. The molecule has 1 aromatic heterocycles. The fraction of sp³-hybridized carbons (Fsp3) is 0.353. The molecule has 2 aromatic rings. The quantitative estimate of drug-likeness (QED) is 0.441. The van der Waals surface area contributed by atoms with Gasteiger partial charge in [-0.25, -0.2) is 0 Å². The van der Waals surface area contributed by atoms with E-state index in [-0.39, 0.29) is 17.5 Å². The number of ether oxygens (including phenoxy) is 1. The largest absolute Gasteiger partial charge is 0.512 e. The van der Waals surface area contributed by atoms with Crippen LogP contribution in [0, 0.1) is 5.92 Å². The Morgan fingerprint density at radius 2 is 2.18 bits per heavy atom. The van der Waals surface area contributed by atoms with Crippen molar-refractivity contribution >= 4 is 39.0 Å². The van der Waals surface area contributed by atoms with E-state index in [0.29, 0.717) is 6.42 Å². The van der Waals surface area contributed by atoms with Crippen molar-refractivity contribution < 1.29 is 14.6 Å². The van der Waals surface area contributed by atoms with Crippen LogP contribution in [0.5, 0.6) is 5.75 Å². The van der Waals surface area contributed by atoms with Gasteiger partial charge in [-0.3, -0.25) is 4.79 Å². The highest BCUT2D eigenvalue weighted by atomic mass is 32.2. The van der Waals surface area contributed by atoms with Gasteiger partial charge in [0.25, 0.3) is 0 Å². The van der Waals surface area contributed by atoms with Crippen molar-refractivity contribution in [2.24, 2.45) is 5.92 Å². The molecule has 0 aliphatic heterocycles. The molecule has 0 amide bonds. The van der Waals surface area contributed by atoms with E-state index < -0.39 is 0 Å². The minimum atomic E-state index is -0.154. The number of aliphatic hydroxyl groups excluding tert-OH is 1. The smallest absolute Gasteiger partial charge is 0.173 e. The highest BCUT2D eigenvalue weighted by Gasteiger charge is 2.17. The molecule has 0 fully saturated rings. The molecule has 3 nitrogen and oxygen atoms in total. The fourth-order valence-corrected chi connectivity index (χ4v) is 3.96. The van der Waals surface area contributed by atoms with Crippen LogP contribution < -0.4 is 4.74 Å². The molecule has 0 unspecified atom stereocenters. The number of aliphatic hydroxyl groups is 1. The number of rotatable bonds is 6. The minimum Gasteiger partial charge on any atom is -0.512 e.